The van der Waals surface area contributed by atoms with Crippen molar-refractivity contribution in [3.63, 3.8) is 0 Å². The lowest BCUT2D eigenvalue weighted by Gasteiger charge is -2.30. The molecule has 18 heavy (non-hydrogen) atoms. The summed E-state index contributed by atoms with van der Waals surface area (Å²) < 4.78 is 6.20. The second-order valence-corrected chi connectivity index (χ2v) is 5.48. The summed E-state index contributed by atoms with van der Waals surface area (Å²) in [4.78, 5) is 21.4. The van der Waals surface area contributed by atoms with Gasteiger partial charge in [0.15, 0.2) is 0 Å². The van der Waals surface area contributed by atoms with Gasteiger partial charge in [-0.05, 0) is 18.4 Å². The SMILES string of the molecule is CC1CN(Cc2nc3ccsc3c(=O)[nH]2)CCO1. The standard InChI is InChI=1S/C12H15N3O2S/c1-8-6-15(3-4-17-8)7-10-13-9-2-5-18-11(9)12(16)14-10/h2,5,8H,3-4,6-7H2,1H3,(H,13,14,16). The number of fused-ring (bicyclic) bond motifs is 1. The average Bonchev–Trinajstić information content (AvgIpc) is 2.77. The van der Waals surface area contributed by atoms with Gasteiger partial charge in [-0.1, -0.05) is 0 Å². The van der Waals surface area contributed by atoms with Crippen LogP contribution in [-0.2, 0) is 11.3 Å². The Morgan fingerprint density at radius 3 is 3.39 bits per heavy atom. The van der Waals surface area contributed by atoms with E-state index in [1.807, 2.05) is 11.4 Å². The predicted octanol–water partition coefficient (Wildman–Crippen LogP) is 1.21. The van der Waals surface area contributed by atoms with E-state index in [2.05, 4.69) is 21.8 Å². The summed E-state index contributed by atoms with van der Waals surface area (Å²) in [5, 5.41) is 1.90. The lowest BCUT2D eigenvalue weighted by atomic mass is 10.3. The molecular weight excluding hydrogens is 250 g/mol. The lowest BCUT2D eigenvalue weighted by molar-refractivity contribution is -0.0219. The maximum absolute atomic E-state index is 11.8. The second kappa shape index (κ2) is 4.79. The maximum atomic E-state index is 11.8. The van der Waals surface area contributed by atoms with Gasteiger partial charge < -0.3 is 9.72 Å². The Hall–Kier alpha value is -1.24. The normalized spacial score (nSPS) is 21.5. The molecule has 0 aromatic carbocycles. The van der Waals surface area contributed by atoms with Crippen molar-refractivity contribution in [3.8, 4) is 0 Å². The van der Waals surface area contributed by atoms with E-state index in [-0.39, 0.29) is 11.7 Å². The largest absolute Gasteiger partial charge is 0.376 e. The Bertz CT molecular complexity index is 607. The van der Waals surface area contributed by atoms with Crippen LogP contribution in [0.25, 0.3) is 10.2 Å². The molecule has 0 spiro atoms. The van der Waals surface area contributed by atoms with Gasteiger partial charge in [0.05, 0.1) is 24.8 Å². The molecule has 3 rings (SSSR count). The van der Waals surface area contributed by atoms with Crippen LogP contribution in [0, 0.1) is 0 Å². The molecule has 1 fully saturated rings. The number of rotatable bonds is 2. The zero-order valence-corrected chi connectivity index (χ0v) is 11.0. The third-order valence-corrected chi connectivity index (χ3v) is 3.96. The van der Waals surface area contributed by atoms with E-state index in [1.165, 1.54) is 11.3 Å². The fourth-order valence-corrected chi connectivity index (χ4v) is 2.97. The Balaban J connectivity index is 1.83. The molecule has 1 aliphatic heterocycles. The average molecular weight is 265 g/mol. The molecule has 0 radical (unpaired) electrons. The first-order chi connectivity index (χ1) is 8.72. The number of morpholine rings is 1. The van der Waals surface area contributed by atoms with Gasteiger partial charge in [0.25, 0.3) is 5.56 Å². The van der Waals surface area contributed by atoms with Gasteiger partial charge in [-0.15, -0.1) is 11.3 Å². The van der Waals surface area contributed by atoms with Gasteiger partial charge in [-0.2, -0.15) is 0 Å². The minimum atomic E-state index is -0.0358. The van der Waals surface area contributed by atoms with Crippen molar-refractivity contribution in [1.82, 2.24) is 14.9 Å². The van der Waals surface area contributed by atoms with E-state index >= 15 is 0 Å². The van der Waals surface area contributed by atoms with Gasteiger partial charge in [-0.25, -0.2) is 4.98 Å². The Kier molecular flexibility index (Phi) is 3.15. The van der Waals surface area contributed by atoms with E-state index in [0.29, 0.717) is 11.2 Å². The van der Waals surface area contributed by atoms with Crippen LogP contribution >= 0.6 is 11.3 Å². The molecule has 1 atom stereocenters. The summed E-state index contributed by atoms with van der Waals surface area (Å²) in [7, 11) is 0. The minimum Gasteiger partial charge on any atom is -0.376 e. The van der Waals surface area contributed by atoms with E-state index in [9.17, 15) is 4.79 Å². The molecule has 2 aromatic rings. The molecule has 0 saturated carbocycles. The first-order valence-corrected chi connectivity index (χ1v) is 6.91. The van der Waals surface area contributed by atoms with Crippen molar-refractivity contribution in [3.05, 3.63) is 27.6 Å². The summed E-state index contributed by atoms with van der Waals surface area (Å²) >= 11 is 1.43. The number of nitrogens with zero attached hydrogens (tertiary/aromatic N) is 2. The van der Waals surface area contributed by atoms with E-state index in [1.54, 1.807) is 0 Å². The number of aromatic amines is 1. The fraction of sp³-hybridized carbons (Fsp3) is 0.500. The van der Waals surface area contributed by atoms with Gasteiger partial charge in [0.1, 0.15) is 10.5 Å². The highest BCUT2D eigenvalue weighted by Gasteiger charge is 2.17. The molecule has 1 N–H and O–H groups in total. The van der Waals surface area contributed by atoms with Crippen LogP contribution in [-0.4, -0.2) is 40.7 Å². The smallest absolute Gasteiger partial charge is 0.268 e. The second-order valence-electron chi connectivity index (χ2n) is 4.56. The number of hydrogen-bond acceptors (Lipinski definition) is 5. The van der Waals surface area contributed by atoms with Gasteiger partial charge in [0, 0.05) is 13.1 Å². The van der Waals surface area contributed by atoms with Gasteiger partial charge in [0.2, 0.25) is 0 Å². The summed E-state index contributed by atoms with van der Waals surface area (Å²) in [5.41, 5.74) is 0.756. The topological polar surface area (TPSA) is 58.2 Å². The zero-order valence-electron chi connectivity index (χ0n) is 10.2. The van der Waals surface area contributed by atoms with Crippen molar-refractivity contribution in [2.45, 2.75) is 19.6 Å². The van der Waals surface area contributed by atoms with E-state index in [4.69, 9.17) is 4.74 Å². The minimum absolute atomic E-state index is 0.0358. The van der Waals surface area contributed by atoms with Crippen LogP contribution in [0.1, 0.15) is 12.7 Å². The maximum Gasteiger partial charge on any atom is 0.268 e. The molecule has 0 bridgehead atoms. The van der Waals surface area contributed by atoms with E-state index < -0.39 is 0 Å². The van der Waals surface area contributed by atoms with Crippen molar-refractivity contribution >= 4 is 21.6 Å². The third-order valence-electron chi connectivity index (χ3n) is 3.06. The molecule has 1 aliphatic rings. The van der Waals surface area contributed by atoms with Crippen molar-refractivity contribution in [2.75, 3.05) is 19.7 Å². The highest BCUT2D eigenvalue weighted by molar-refractivity contribution is 7.17. The van der Waals surface area contributed by atoms with Crippen LogP contribution < -0.4 is 5.56 Å². The molecule has 2 aromatic heterocycles. The molecule has 3 heterocycles. The highest BCUT2D eigenvalue weighted by Crippen LogP contribution is 2.14. The van der Waals surface area contributed by atoms with Crippen LogP contribution in [0.4, 0.5) is 0 Å². The van der Waals surface area contributed by atoms with Crippen LogP contribution in [0.15, 0.2) is 16.2 Å². The van der Waals surface area contributed by atoms with Gasteiger partial charge in [-0.3, -0.25) is 9.69 Å². The highest BCUT2D eigenvalue weighted by atomic mass is 32.1. The molecular formula is C12H15N3O2S. The Labute approximate surface area is 108 Å². The monoisotopic (exact) mass is 265 g/mol. The number of aromatic nitrogens is 2. The van der Waals surface area contributed by atoms with Crippen LogP contribution in [0.2, 0.25) is 0 Å². The molecule has 6 heteroatoms. The lowest BCUT2D eigenvalue weighted by Crippen LogP contribution is -2.41. The predicted molar refractivity (Wildman–Crippen MR) is 70.9 cm³/mol. The number of ether oxygens (including phenoxy) is 1. The van der Waals surface area contributed by atoms with E-state index in [0.717, 1.165) is 31.0 Å². The molecule has 1 saturated heterocycles. The summed E-state index contributed by atoms with van der Waals surface area (Å²) in [6, 6.07) is 1.89. The Morgan fingerprint density at radius 1 is 1.67 bits per heavy atom. The molecule has 0 amide bonds. The summed E-state index contributed by atoms with van der Waals surface area (Å²) in [6.45, 7) is 5.24. The Morgan fingerprint density at radius 2 is 2.56 bits per heavy atom. The number of hydrogen-bond donors (Lipinski definition) is 1. The first kappa shape index (κ1) is 11.8. The van der Waals surface area contributed by atoms with Crippen molar-refractivity contribution < 1.29 is 4.74 Å². The zero-order chi connectivity index (χ0) is 12.5. The number of nitrogens with one attached hydrogen (secondary N) is 1. The molecule has 0 aliphatic carbocycles. The van der Waals surface area contributed by atoms with Crippen molar-refractivity contribution in [2.24, 2.45) is 0 Å². The van der Waals surface area contributed by atoms with Crippen molar-refractivity contribution in [1.29, 1.82) is 0 Å². The number of H-pyrrole nitrogens is 1. The van der Waals surface area contributed by atoms with Crippen LogP contribution in [0.3, 0.4) is 0 Å². The first-order valence-electron chi connectivity index (χ1n) is 6.03. The fourth-order valence-electron chi connectivity index (χ4n) is 2.24. The molecule has 96 valence electrons. The number of thiophene rings is 1. The summed E-state index contributed by atoms with van der Waals surface area (Å²) in [5.74, 6) is 0.736. The third kappa shape index (κ3) is 2.31. The summed E-state index contributed by atoms with van der Waals surface area (Å²) in [6.07, 6.45) is 0.246. The quantitative estimate of drug-likeness (QED) is 0.886. The van der Waals surface area contributed by atoms with Crippen LogP contribution in [0.5, 0.6) is 0 Å². The molecule has 1 unspecified atom stereocenters. The molecule has 5 nitrogen and oxygen atoms in total. The van der Waals surface area contributed by atoms with Gasteiger partial charge >= 0.3 is 0 Å².